The van der Waals surface area contributed by atoms with E-state index in [2.05, 4.69) is 10.5 Å². The normalized spacial score (nSPS) is 10.7. The minimum Gasteiger partial charge on any atom is -0.494 e. The Morgan fingerprint density at radius 3 is 2.37 bits per heavy atom. The summed E-state index contributed by atoms with van der Waals surface area (Å²) in [6.07, 6.45) is 0.110. The molecule has 6 nitrogen and oxygen atoms in total. The minimum absolute atomic E-state index is 0.110. The Morgan fingerprint density at radius 2 is 1.74 bits per heavy atom. The van der Waals surface area contributed by atoms with E-state index in [0.29, 0.717) is 18.1 Å². The van der Waals surface area contributed by atoms with Crippen LogP contribution in [0.3, 0.4) is 0 Å². The molecule has 0 aliphatic carbocycles. The minimum atomic E-state index is -0.339. The lowest BCUT2D eigenvalue weighted by molar-refractivity contribution is 0.101. The molecule has 0 saturated heterocycles. The van der Waals surface area contributed by atoms with Crippen LogP contribution in [0.5, 0.6) is 11.5 Å². The number of nitrogens with zero attached hydrogens (tertiary/aromatic N) is 1. The zero-order valence-electron chi connectivity index (χ0n) is 15.6. The number of anilines is 1. The molecule has 0 aliphatic heterocycles. The van der Waals surface area contributed by atoms with Crippen molar-refractivity contribution in [2.45, 2.75) is 26.9 Å². The maximum Gasteiger partial charge on any atom is 0.277 e. The lowest BCUT2D eigenvalue weighted by atomic mass is 10.1. The van der Waals surface area contributed by atoms with Gasteiger partial charge in [-0.25, -0.2) is 0 Å². The van der Waals surface area contributed by atoms with Gasteiger partial charge >= 0.3 is 0 Å². The van der Waals surface area contributed by atoms with Gasteiger partial charge in [-0.05, 0) is 69.3 Å². The molecule has 0 atom stereocenters. The molecule has 0 aliphatic rings. The van der Waals surface area contributed by atoms with Gasteiger partial charge in [-0.15, -0.1) is 0 Å². The highest BCUT2D eigenvalue weighted by molar-refractivity contribution is 6.03. The summed E-state index contributed by atoms with van der Waals surface area (Å²) in [6.45, 7) is 6.46. The van der Waals surface area contributed by atoms with E-state index in [1.807, 2.05) is 45.0 Å². The van der Waals surface area contributed by atoms with Crippen molar-refractivity contribution in [1.82, 2.24) is 5.16 Å². The van der Waals surface area contributed by atoms with Crippen molar-refractivity contribution in [1.29, 1.82) is 0 Å². The average molecular weight is 366 g/mol. The van der Waals surface area contributed by atoms with E-state index in [9.17, 15) is 4.79 Å². The van der Waals surface area contributed by atoms with E-state index in [4.69, 9.17) is 14.0 Å². The van der Waals surface area contributed by atoms with Crippen LogP contribution in [0.15, 0.2) is 59.1 Å². The highest BCUT2D eigenvalue weighted by Crippen LogP contribution is 2.24. The molecule has 0 saturated carbocycles. The van der Waals surface area contributed by atoms with Gasteiger partial charge in [0.05, 0.1) is 12.7 Å². The van der Waals surface area contributed by atoms with Gasteiger partial charge < -0.3 is 19.3 Å². The van der Waals surface area contributed by atoms with E-state index in [-0.39, 0.29) is 17.7 Å². The lowest BCUT2D eigenvalue weighted by Crippen LogP contribution is -2.12. The van der Waals surface area contributed by atoms with Crippen LogP contribution >= 0.6 is 0 Å². The number of amides is 1. The lowest BCUT2D eigenvalue weighted by Gasteiger charge is -2.09. The first kappa shape index (κ1) is 18.5. The monoisotopic (exact) mass is 366 g/mol. The Morgan fingerprint density at radius 1 is 1.07 bits per heavy atom. The molecule has 2 aromatic carbocycles. The Hall–Kier alpha value is -3.28. The first-order chi connectivity index (χ1) is 13.0. The predicted molar refractivity (Wildman–Crippen MR) is 103 cm³/mol. The van der Waals surface area contributed by atoms with Crippen molar-refractivity contribution in [3.05, 3.63) is 60.3 Å². The van der Waals surface area contributed by atoms with Gasteiger partial charge in [0.1, 0.15) is 11.5 Å². The number of nitrogens with one attached hydrogen (secondary N) is 1. The second kappa shape index (κ2) is 8.40. The zero-order chi connectivity index (χ0) is 19.2. The molecule has 0 fully saturated rings. The number of benzene rings is 2. The van der Waals surface area contributed by atoms with Crippen LogP contribution in [0.1, 0.15) is 31.3 Å². The van der Waals surface area contributed by atoms with Gasteiger partial charge in [0.25, 0.3) is 5.91 Å². The van der Waals surface area contributed by atoms with Crippen LogP contribution < -0.4 is 14.8 Å². The number of ether oxygens (including phenoxy) is 2. The van der Waals surface area contributed by atoms with E-state index >= 15 is 0 Å². The molecule has 0 bridgehead atoms. The summed E-state index contributed by atoms with van der Waals surface area (Å²) in [5, 5.41) is 6.65. The number of carbonyl (C=O) groups is 1. The topological polar surface area (TPSA) is 73.6 Å². The fourth-order valence-electron chi connectivity index (χ4n) is 2.48. The van der Waals surface area contributed by atoms with Crippen molar-refractivity contribution >= 4 is 11.6 Å². The summed E-state index contributed by atoms with van der Waals surface area (Å²) in [6, 6.07) is 16.2. The van der Waals surface area contributed by atoms with E-state index in [1.165, 1.54) is 0 Å². The van der Waals surface area contributed by atoms with Crippen molar-refractivity contribution in [3.8, 4) is 22.8 Å². The van der Waals surface area contributed by atoms with Gasteiger partial charge in [-0.3, -0.25) is 4.79 Å². The SMILES string of the molecule is CCOc1ccc(NC(=O)c2cc(-c3ccc(OC(C)C)cc3)on2)cc1. The molecule has 1 N–H and O–H groups in total. The fourth-order valence-corrected chi connectivity index (χ4v) is 2.48. The first-order valence-electron chi connectivity index (χ1n) is 8.83. The van der Waals surface area contributed by atoms with E-state index in [1.54, 1.807) is 30.3 Å². The Balaban J connectivity index is 1.66. The number of hydrogen-bond acceptors (Lipinski definition) is 5. The van der Waals surface area contributed by atoms with Crippen LogP contribution in [0.2, 0.25) is 0 Å². The number of hydrogen-bond donors (Lipinski definition) is 1. The average Bonchev–Trinajstić information content (AvgIpc) is 3.14. The fraction of sp³-hybridized carbons (Fsp3) is 0.238. The largest absolute Gasteiger partial charge is 0.494 e. The van der Waals surface area contributed by atoms with Crippen LogP contribution in [-0.2, 0) is 0 Å². The van der Waals surface area contributed by atoms with Crippen LogP contribution in [-0.4, -0.2) is 23.8 Å². The molecule has 1 amide bonds. The van der Waals surface area contributed by atoms with Gasteiger partial charge in [0.15, 0.2) is 11.5 Å². The van der Waals surface area contributed by atoms with Crippen LogP contribution in [0.25, 0.3) is 11.3 Å². The van der Waals surface area contributed by atoms with Crippen molar-refractivity contribution in [3.63, 3.8) is 0 Å². The quantitative estimate of drug-likeness (QED) is 0.651. The molecule has 3 rings (SSSR count). The molecule has 0 radical (unpaired) electrons. The van der Waals surface area contributed by atoms with Gasteiger partial charge in [0, 0.05) is 17.3 Å². The van der Waals surface area contributed by atoms with Crippen LogP contribution in [0, 0.1) is 0 Å². The van der Waals surface area contributed by atoms with E-state index < -0.39 is 0 Å². The summed E-state index contributed by atoms with van der Waals surface area (Å²) in [5.74, 6) is 1.71. The first-order valence-corrected chi connectivity index (χ1v) is 8.83. The maximum atomic E-state index is 12.4. The smallest absolute Gasteiger partial charge is 0.277 e. The molecule has 140 valence electrons. The standard InChI is InChI=1S/C21H22N2O4/c1-4-25-17-11-7-16(8-12-17)22-21(24)19-13-20(27-23-19)15-5-9-18(10-6-15)26-14(2)3/h5-14H,4H2,1-3H3,(H,22,24). The molecule has 1 heterocycles. The molecule has 1 aromatic heterocycles. The summed E-state index contributed by atoms with van der Waals surface area (Å²) < 4.78 is 16.3. The molecule has 27 heavy (non-hydrogen) atoms. The second-order valence-corrected chi connectivity index (χ2v) is 6.18. The summed E-state index contributed by atoms with van der Waals surface area (Å²) in [5.41, 5.74) is 1.68. The Labute approximate surface area is 158 Å². The summed E-state index contributed by atoms with van der Waals surface area (Å²) in [4.78, 5) is 12.4. The molecule has 0 spiro atoms. The number of rotatable bonds is 7. The van der Waals surface area contributed by atoms with Gasteiger partial charge in [-0.1, -0.05) is 5.16 Å². The molecule has 3 aromatic rings. The van der Waals surface area contributed by atoms with Crippen molar-refractivity contribution in [2.75, 3.05) is 11.9 Å². The number of carbonyl (C=O) groups excluding carboxylic acids is 1. The molecule has 6 heteroatoms. The number of aromatic nitrogens is 1. The van der Waals surface area contributed by atoms with E-state index in [0.717, 1.165) is 17.1 Å². The van der Waals surface area contributed by atoms with Crippen molar-refractivity contribution < 1.29 is 18.8 Å². The summed E-state index contributed by atoms with van der Waals surface area (Å²) in [7, 11) is 0. The highest BCUT2D eigenvalue weighted by Gasteiger charge is 2.14. The Kier molecular flexibility index (Phi) is 5.76. The predicted octanol–water partition coefficient (Wildman–Crippen LogP) is 4.78. The highest BCUT2D eigenvalue weighted by atomic mass is 16.5. The van der Waals surface area contributed by atoms with Crippen LogP contribution in [0.4, 0.5) is 5.69 Å². The third-order valence-corrected chi connectivity index (χ3v) is 3.68. The maximum absolute atomic E-state index is 12.4. The second-order valence-electron chi connectivity index (χ2n) is 6.18. The van der Waals surface area contributed by atoms with Crippen molar-refractivity contribution in [2.24, 2.45) is 0 Å². The Bertz CT molecular complexity index is 883. The summed E-state index contributed by atoms with van der Waals surface area (Å²) >= 11 is 0. The zero-order valence-corrected chi connectivity index (χ0v) is 15.6. The third kappa shape index (κ3) is 4.88. The molecular formula is C21H22N2O4. The van der Waals surface area contributed by atoms with Gasteiger partial charge in [0.2, 0.25) is 0 Å². The van der Waals surface area contributed by atoms with Gasteiger partial charge in [-0.2, -0.15) is 0 Å². The molecular weight excluding hydrogens is 344 g/mol. The third-order valence-electron chi connectivity index (χ3n) is 3.68. The molecule has 0 unspecified atom stereocenters.